The highest BCUT2D eigenvalue weighted by atomic mass is 19.1. The lowest BCUT2D eigenvalue weighted by molar-refractivity contribution is -0.0667. The van der Waals surface area contributed by atoms with Gasteiger partial charge in [-0.05, 0) is 35.1 Å². The van der Waals surface area contributed by atoms with E-state index in [0.717, 1.165) is 11.1 Å². The summed E-state index contributed by atoms with van der Waals surface area (Å²) in [5.74, 6) is -0.0157. The van der Waals surface area contributed by atoms with Gasteiger partial charge < -0.3 is 14.7 Å². The van der Waals surface area contributed by atoms with Crippen LogP contribution in [0.4, 0.5) is 9.18 Å². The van der Waals surface area contributed by atoms with Crippen molar-refractivity contribution in [2.75, 3.05) is 19.7 Å². The van der Waals surface area contributed by atoms with Crippen molar-refractivity contribution < 1.29 is 19.0 Å². The van der Waals surface area contributed by atoms with E-state index in [0.29, 0.717) is 6.54 Å². The van der Waals surface area contributed by atoms with E-state index >= 15 is 0 Å². The third-order valence-corrected chi connectivity index (χ3v) is 5.91. The van der Waals surface area contributed by atoms with Crippen molar-refractivity contribution in [3.05, 3.63) is 59.7 Å². The quantitative estimate of drug-likeness (QED) is 0.885. The Kier molecular flexibility index (Phi) is 4.64. The number of carbonyl (C=O) groups excluding carboxylic acids is 1. The predicted molar refractivity (Wildman–Crippen MR) is 101 cm³/mol. The highest BCUT2D eigenvalue weighted by molar-refractivity contribution is 5.79. The molecule has 1 N–H and O–H groups in total. The van der Waals surface area contributed by atoms with Crippen LogP contribution in [0.3, 0.4) is 0 Å². The summed E-state index contributed by atoms with van der Waals surface area (Å²) in [5, 5.41) is 9.89. The van der Waals surface area contributed by atoms with Crippen LogP contribution in [0, 0.1) is 0 Å². The average molecular weight is 369 g/mol. The Balaban J connectivity index is 1.48. The van der Waals surface area contributed by atoms with Crippen LogP contribution in [0.2, 0.25) is 0 Å². The summed E-state index contributed by atoms with van der Waals surface area (Å²) in [6.45, 7) is 2.09. The summed E-state index contributed by atoms with van der Waals surface area (Å²) < 4.78 is 20.3. The summed E-state index contributed by atoms with van der Waals surface area (Å²) in [6, 6.07) is 16.3. The number of piperidine rings is 1. The summed E-state index contributed by atoms with van der Waals surface area (Å²) in [7, 11) is 0. The zero-order valence-electron chi connectivity index (χ0n) is 15.4. The Morgan fingerprint density at radius 2 is 1.78 bits per heavy atom. The highest BCUT2D eigenvalue weighted by Crippen LogP contribution is 2.44. The number of nitrogens with zero attached hydrogens (tertiary/aromatic N) is 1. The number of aliphatic hydroxyl groups excluding tert-OH is 1. The average Bonchev–Trinajstić information content (AvgIpc) is 3.02. The van der Waals surface area contributed by atoms with Gasteiger partial charge in [-0.1, -0.05) is 55.5 Å². The van der Waals surface area contributed by atoms with Crippen molar-refractivity contribution >= 4 is 6.09 Å². The molecule has 1 heterocycles. The maximum atomic E-state index is 14.7. The molecular weight excluding hydrogens is 345 g/mol. The van der Waals surface area contributed by atoms with Crippen LogP contribution in [0.5, 0.6) is 0 Å². The first-order chi connectivity index (χ1) is 13.0. The number of alkyl halides is 1. The molecule has 1 aliphatic carbocycles. The standard InChI is InChI=1S/C22H24FNO3/c1-2-22(23)14-24(12-11-20(22)25)21(26)27-13-19-17-9-5-3-7-15(17)16-8-4-6-10-18(16)19/h3-10,19-20,25H,2,11-14H2,1H3. The first kappa shape index (κ1) is 18.0. The predicted octanol–water partition coefficient (Wildman–Crippen LogP) is 4.12. The Labute approximate surface area is 158 Å². The van der Waals surface area contributed by atoms with Crippen molar-refractivity contribution in [3.63, 3.8) is 0 Å². The van der Waals surface area contributed by atoms with Gasteiger partial charge in [0.15, 0.2) is 5.67 Å². The van der Waals surface area contributed by atoms with Crippen LogP contribution in [0.15, 0.2) is 48.5 Å². The number of hydrogen-bond donors (Lipinski definition) is 1. The molecule has 2 aromatic rings. The SMILES string of the molecule is CCC1(F)CN(C(=O)OCC2c3ccccc3-c3ccccc32)CCC1O. The van der Waals surface area contributed by atoms with E-state index in [1.807, 2.05) is 24.3 Å². The lowest BCUT2D eigenvalue weighted by atomic mass is 9.89. The van der Waals surface area contributed by atoms with E-state index in [9.17, 15) is 14.3 Å². The molecule has 0 spiro atoms. The van der Waals surface area contributed by atoms with E-state index in [2.05, 4.69) is 24.3 Å². The number of amides is 1. The van der Waals surface area contributed by atoms with Gasteiger partial charge in [0.25, 0.3) is 0 Å². The van der Waals surface area contributed by atoms with Gasteiger partial charge in [0.1, 0.15) is 6.61 Å². The van der Waals surface area contributed by atoms with E-state index in [-0.39, 0.29) is 31.9 Å². The number of benzene rings is 2. The third-order valence-electron chi connectivity index (χ3n) is 5.91. The molecule has 1 aliphatic heterocycles. The summed E-state index contributed by atoms with van der Waals surface area (Å²) >= 11 is 0. The molecule has 4 rings (SSSR count). The third kappa shape index (κ3) is 3.10. The van der Waals surface area contributed by atoms with Gasteiger partial charge in [-0.15, -0.1) is 0 Å². The van der Waals surface area contributed by atoms with E-state index in [1.165, 1.54) is 16.0 Å². The molecule has 4 nitrogen and oxygen atoms in total. The lowest BCUT2D eigenvalue weighted by Crippen LogP contribution is -2.55. The molecule has 1 fully saturated rings. The minimum absolute atomic E-state index is 0.0157. The zero-order chi connectivity index (χ0) is 19.0. The molecule has 2 aliphatic rings. The van der Waals surface area contributed by atoms with Crippen molar-refractivity contribution in [2.24, 2.45) is 0 Å². The molecule has 0 radical (unpaired) electrons. The second-order valence-corrected chi connectivity index (χ2v) is 7.42. The molecule has 1 saturated heterocycles. The van der Waals surface area contributed by atoms with Gasteiger partial charge in [-0.25, -0.2) is 9.18 Å². The summed E-state index contributed by atoms with van der Waals surface area (Å²) in [6.07, 6.45) is -1.14. The minimum atomic E-state index is -1.76. The Morgan fingerprint density at radius 1 is 1.19 bits per heavy atom. The van der Waals surface area contributed by atoms with Crippen molar-refractivity contribution in [1.29, 1.82) is 0 Å². The molecule has 0 bridgehead atoms. The summed E-state index contributed by atoms with van der Waals surface area (Å²) in [4.78, 5) is 13.9. The van der Waals surface area contributed by atoms with Crippen molar-refractivity contribution in [1.82, 2.24) is 4.90 Å². The largest absolute Gasteiger partial charge is 0.448 e. The van der Waals surface area contributed by atoms with Gasteiger partial charge in [0.2, 0.25) is 0 Å². The molecule has 1 amide bonds. The fourth-order valence-corrected chi connectivity index (χ4v) is 4.23. The molecular formula is C22H24FNO3. The van der Waals surface area contributed by atoms with Gasteiger partial charge in [0, 0.05) is 12.5 Å². The first-order valence-corrected chi connectivity index (χ1v) is 9.50. The second-order valence-electron chi connectivity index (χ2n) is 7.42. The number of aliphatic hydroxyl groups is 1. The van der Waals surface area contributed by atoms with Gasteiger partial charge >= 0.3 is 6.09 Å². The fourth-order valence-electron chi connectivity index (χ4n) is 4.23. The molecule has 2 aromatic carbocycles. The Hall–Kier alpha value is -2.40. The number of carbonyl (C=O) groups is 1. The highest BCUT2D eigenvalue weighted by Gasteiger charge is 2.43. The number of halogens is 1. The zero-order valence-corrected chi connectivity index (χ0v) is 15.4. The second kappa shape index (κ2) is 6.97. The molecule has 5 heteroatoms. The number of likely N-dealkylation sites (tertiary alicyclic amines) is 1. The Morgan fingerprint density at radius 3 is 2.37 bits per heavy atom. The molecule has 0 aromatic heterocycles. The maximum Gasteiger partial charge on any atom is 0.409 e. The van der Waals surface area contributed by atoms with Crippen LogP contribution in [-0.4, -0.2) is 47.6 Å². The van der Waals surface area contributed by atoms with Crippen LogP contribution in [0.25, 0.3) is 11.1 Å². The van der Waals surface area contributed by atoms with Crippen molar-refractivity contribution in [3.8, 4) is 11.1 Å². The van der Waals surface area contributed by atoms with Crippen molar-refractivity contribution in [2.45, 2.75) is 37.5 Å². The van der Waals surface area contributed by atoms with Crippen LogP contribution in [-0.2, 0) is 4.74 Å². The summed E-state index contributed by atoms with van der Waals surface area (Å²) in [5.41, 5.74) is 2.88. The number of rotatable bonds is 3. The fraction of sp³-hybridized carbons (Fsp3) is 0.409. The van der Waals surface area contributed by atoms with E-state index < -0.39 is 17.9 Å². The monoisotopic (exact) mass is 369 g/mol. The smallest absolute Gasteiger partial charge is 0.409 e. The van der Waals surface area contributed by atoms with E-state index in [4.69, 9.17) is 4.74 Å². The first-order valence-electron chi connectivity index (χ1n) is 9.50. The van der Waals surface area contributed by atoms with Crippen LogP contribution < -0.4 is 0 Å². The molecule has 2 atom stereocenters. The topological polar surface area (TPSA) is 49.8 Å². The van der Waals surface area contributed by atoms with Gasteiger partial charge in [0.05, 0.1) is 12.6 Å². The van der Waals surface area contributed by atoms with Gasteiger partial charge in [-0.2, -0.15) is 0 Å². The van der Waals surface area contributed by atoms with Gasteiger partial charge in [-0.3, -0.25) is 0 Å². The molecule has 2 unspecified atom stereocenters. The number of hydrogen-bond acceptors (Lipinski definition) is 3. The number of ether oxygens (including phenoxy) is 1. The minimum Gasteiger partial charge on any atom is -0.448 e. The molecule has 0 saturated carbocycles. The molecule has 142 valence electrons. The Bertz CT molecular complexity index is 809. The normalized spacial score (nSPS) is 24.4. The lowest BCUT2D eigenvalue weighted by Gasteiger charge is -2.39. The van der Waals surface area contributed by atoms with Crippen LogP contribution in [0.1, 0.15) is 36.8 Å². The van der Waals surface area contributed by atoms with Crippen LogP contribution >= 0.6 is 0 Å². The number of fused-ring (bicyclic) bond motifs is 3. The van der Waals surface area contributed by atoms with E-state index in [1.54, 1.807) is 6.92 Å². The maximum absolute atomic E-state index is 14.7. The molecule has 27 heavy (non-hydrogen) atoms.